The molecule has 0 spiro atoms. The molecule has 0 bridgehead atoms. The molecule has 0 unspecified atom stereocenters. The summed E-state index contributed by atoms with van der Waals surface area (Å²) in [6.07, 6.45) is 1.44. The summed E-state index contributed by atoms with van der Waals surface area (Å²) in [7, 11) is 0. The number of benzene rings is 1. The largest absolute Gasteiger partial charge is 0.360 e. The Morgan fingerprint density at radius 2 is 1.82 bits per heavy atom. The number of fused-ring (bicyclic) bond motifs is 1. The van der Waals surface area contributed by atoms with Gasteiger partial charge in [0.2, 0.25) is 5.78 Å². The highest BCUT2D eigenvalue weighted by Gasteiger charge is 2.33. The van der Waals surface area contributed by atoms with E-state index in [1.165, 1.54) is 6.20 Å². The first-order valence-electron chi connectivity index (χ1n) is 4.39. The first kappa shape index (κ1) is 13.3. The number of carbonyl (C=O) groups is 1. The van der Waals surface area contributed by atoms with Gasteiger partial charge in [-0.15, -0.1) is 0 Å². The molecule has 7 heteroatoms. The lowest BCUT2D eigenvalue weighted by Crippen LogP contribution is -2.18. The summed E-state index contributed by atoms with van der Waals surface area (Å²) in [5.41, 5.74) is 0.851. The highest BCUT2D eigenvalue weighted by atomic mass is 35.6. The van der Waals surface area contributed by atoms with Crippen molar-refractivity contribution in [2.24, 2.45) is 0 Å². The molecule has 1 aromatic carbocycles. The van der Waals surface area contributed by atoms with Crippen molar-refractivity contribution < 1.29 is 4.79 Å². The van der Waals surface area contributed by atoms with Crippen molar-refractivity contribution in [3.8, 4) is 0 Å². The van der Waals surface area contributed by atoms with E-state index in [0.29, 0.717) is 15.9 Å². The first-order chi connectivity index (χ1) is 7.82. The van der Waals surface area contributed by atoms with Crippen molar-refractivity contribution >= 4 is 74.7 Å². The Balaban J connectivity index is 2.72. The molecule has 0 aliphatic heterocycles. The molecule has 0 radical (unpaired) electrons. The Kier molecular flexibility index (Phi) is 3.54. The number of alkyl halides is 3. The van der Waals surface area contributed by atoms with Crippen LogP contribution in [0.25, 0.3) is 10.9 Å². The average molecular weight is 331 g/mol. The molecule has 0 saturated carbocycles. The number of aromatic nitrogens is 1. The predicted octanol–water partition coefficient (Wildman–Crippen LogP) is 5.03. The van der Waals surface area contributed by atoms with E-state index >= 15 is 0 Å². The molecule has 17 heavy (non-hydrogen) atoms. The zero-order valence-electron chi connectivity index (χ0n) is 8.03. The maximum atomic E-state index is 11.9. The van der Waals surface area contributed by atoms with Crippen LogP contribution in [0.2, 0.25) is 10.0 Å². The standard InChI is InChI=1S/C10H4Cl5NO/c11-5-1-2-6-7(8(5)12)4(3-16-6)9(17)10(13,14)15/h1-3,16H. The topological polar surface area (TPSA) is 32.9 Å². The maximum Gasteiger partial charge on any atom is 0.253 e. The van der Waals surface area contributed by atoms with Crippen molar-refractivity contribution in [1.29, 1.82) is 0 Å². The molecular formula is C10H4Cl5NO. The smallest absolute Gasteiger partial charge is 0.253 e. The summed E-state index contributed by atoms with van der Waals surface area (Å²) in [5.74, 6) is -0.655. The molecule has 1 heterocycles. The van der Waals surface area contributed by atoms with Gasteiger partial charge in [-0.1, -0.05) is 58.0 Å². The minimum atomic E-state index is -2.03. The number of hydrogen-bond donors (Lipinski definition) is 1. The van der Waals surface area contributed by atoms with Gasteiger partial charge in [-0.05, 0) is 12.1 Å². The van der Waals surface area contributed by atoms with E-state index < -0.39 is 9.58 Å². The van der Waals surface area contributed by atoms with Crippen LogP contribution in [0.1, 0.15) is 10.4 Å². The molecule has 2 nitrogen and oxygen atoms in total. The van der Waals surface area contributed by atoms with Gasteiger partial charge < -0.3 is 4.98 Å². The summed E-state index contributed by atoms with van der Waals surface area (Å²) >= 11 is 28.6. The minimum absolute atomic E-state index is 0.201. The minimum Gasteiger partial charge on any atom is -0.360 e. The summed E-state index contributed by atoms with van der Waals surface area (Å²) < 4.78 is -2.03. The summed E-state index contributed by atoms with van der Waals surface area (Å²) in [6.45, 7) is 0. The van der Waals surface area contributed by atoms with Gasteiger partial charge in [0, 0.05) is 22.7 Å². The van der Waals surface area contributed by atoms with Crippen LogP contribution in [-0.4, -0.2) is 14.6 Å². The van der Waals surface area contributed by atoms with Crippen LogP contribution in [0.3, 0.4) is 0 Å². The van der Waals surface area contributed by atoms with Crippen LogP contribution in [0, 0.1) is 0 Å². The normalized spacial score (nSPS) is 12.1. The summed E-state index contributed by atoms with van der Waals surface area (Å²) in [4.78, 5) is 14.8. The van der Waals surface area contributed by atoms with Crippen LogP contribution >= 0.6 is 58.0 Å². The Hall–Kier alpha value is -0.120. The van der Waals surface area contributed by atoms with E-state index in [1.807, 2.05) is 0 Å². The van der Waals surface area contributed by atoms with Gasteiger partial charge in [0.25, 0.3) is 3.79 Å². The van der Waals surface area contributed by atoms with Crippen molar-refractivity contribution in [3.63, 3.8) is 0 Å². The van der Waals surface area contributed by atoms with E-state index in [0.717, 1.165) is 0 Å². The van der Waals surface area contributed by atoms with Gasteiger partial charge >= 0.3 is 0 Å². The number of rotatable bonds is 1. The molecule has 0 amide bonds. The predicted molar refractivity (Wildman–Crippen MR) is 72.9 cm³/mol. The van der Waals surface area contributed by atoms with Crippen LogP contribution in [0.5, 0.6) is 0 Å². The Labute approximate surface area is 122 Å². The SMILES string of the molecule is O=C(c1c[nH]c2ccc(Cl)c(Cl)c12)C(Cl)(Cl)Cl. The number of H-pyrrole nitrogens is 1. The number of Topliss-reactive ketones (excluding diaryl/α,β-unsaturated/α-hetero) is 1. The second-order valence-corrected chi connectivity index (χ2v) is 6.38. The molecule has 1 aromatic heterocycles. The van der Waals surface area contributed by atoms with Crippen LogP contribution in [-0.2, 0) is 0 Å². The van der Waals surface area contributed by atoms with E-state index in [1.54, 1.807) is 12.1 Å². The lowest BCUT2D eigenvalue weighted by molar-refractivity contribution is 0.0998. The molecule has 0 saturated heterocycles. The number of carbonyl (C=O) groups excluding carboxylic acids is 1. The fraction of sp³-hybridized carbons (Fsp3) is 0.100. The van der Waals surface area contributed by atoms with E-state index in [-0.39, 0.29) is 10.6 Å². The van der Waals surface area contributed by atoms with Gasteiger partial charge in [0.15, 0.2) is 0 Å². The Morgan fingerprint density at radius 3 is 2.41 bits per heavy atom. The Morgan fingerprint density at radius 1 is 1.18 bits per heavy atom. The first-order valence-corrected chi connectivity index (χ1v) is 6.28. The number of nitrogens with one attached hydrogen (secondary N) is 1. The molecule has 0 atom stereocenters. The van der Waals surface area contributed by atoms with Crippen LogP contribution < -0.4 is 0 Å². The quantitative estimate of drug-likeness (QED) is 0.577. The van der Waals surface area contributed by atoms with E-state index in [2.05, 4.69) is 4.98 Å². The second kappa shape index (κ2) is 4.52. The second-order valence-electron chi connectivity index (χ2n) is 3.31. The Bertz CT molecular complexity index is 598. The lowest BCUT2D eigenvalue weighted by Gasteiger charge is -2.08. The van der Waals surface area contributed by atoms with Gasteiger partial charge in [0.1, 0.15) is 0 Å². The third kappa shape index (κ3) is 2.38. The van der Waals surface area contributed by atoms with Crippen molar-refractivity contribution in [2.75, 3.05) is 0 Å². The van der Waals surface area contributed by atoms with Gasteiger partial charge in [-0.25, -0.2) is 0 Å². The van der Waals surface area contributed by atoms with Crippen molar-refractivity contribution in [2.45, 2.75) is 3.79 Å². The fourth-order valence-electron chi connectivity index (χ4n) is 1.49. The molecule has 90 valence electrons. The molecule has 2 aromatic rings. The third-order valence-electron chi connectivity index (χ3n) is 2.24. The summed E-state index contributed by atoms with van der Waals surface area (Å²) in [5, 5.41) is 1.04. The molecule has 2 rings (SSSR count). The van der Waals surface area contributed by atoms with E-state index in [4.69, 9.17) is 58.0 Å². The van der Waals surface area contributed by atoms with E-state index in [9.17, 15) is 4.79 Å². The van der Waals surface area contributed by atoms with Crippen LogP contribution in [0.15, 0.2) is 18.3 Å². The van der Waals surface area contributed by atoms with Crippen LogP contribution in [0.4, 0.5) is 0 Å². The average Bonchev–Trinajstić information content (AvgIpc) is 2.65. The van der Waals surface area contributed by atoms with Gasteiger partial charge in [-0.3, -0.25) is 4.79 Å². The maximum absolute atomic E-state index is 11.9. The molecule has 1 N–H and O–H groups in total. The van der Waals surface area contributed by atoms with Crippen molar-refractivity contribution in [3.05, 3.63) is 33.9 Å². The fourth-order valence-corrected chi connectivity index (χ4v) is 2.22. The highest BCUT2D eigenvalue weighted by molar-refractivity contribution is 6.77. The van der Waals surface area contributed by atoms with Gasteiger partial charge in [0.05, 0.1) is 10.0 Å². The number of hydrogen-bond acceptors (Lipinski definition) is 1. The monoisotopic (exact) mass is 329 g/mol. The molecule has 0 aliphatic carbocycles. The highest BCUT2D eigenvalue weighted by Crippen LogP contribution is 2.37. The zero-order chi connectivity index (χ0) is 12.8. The molecular weight excluding hydrogens is 327 g/mol. The number of halogens is 5. The molecule has 0 fully saturated rings. The number of aromatic amines is 1. The zero-order valence-corrected chi connectivity index (χ0v) is 11.8. The summed E-state index contributed by atoms with van der Waals surface area (Å²) in [6, 6.07) is 3.31. The lowest BCUT2D eigenvalue weighted by atomic mass is 10.1. The molecule has 0 aliphatic rings. The van der Waals surface area contributed by atoms with Gasteiger partial charge in [-0.2, -0.15) is 0 Å². The third-order valence-corrected chi connectivity index (χ3v) is 3.56. The van der Waals surface area contributed by atoms with Crippen molar-refractivity contribution in [1.82, 2.24) is 4.98 Å². The number of ketones is 1.